The normalized spacial score (nSPS) is 17.0. The summed E-state index contributed by atoms with van der Waals surface area (Å²) in [6.45, 7) is 5.73. The Hall–Kier alpha value is -1.95. The van der Waals surface area contributed by atoms with Crippen molar-refractivity contribution in [2.75, 3.05) is 49.5 Å². The van der Waals surface area contributed by atoms with E-state index in [4.69, 9.17) is 27.9 Å². The second-order valence-corrected chi connectivity index (χ2v) is 8.31. The van der Waals surface area contributed by atoms with Gasteiger partial charge in [0.15, 0.2) is 0 Å². The SMILES string of the molecule is O=C1CCc2cc(OCCCN3CCN(c4ccc(Cl)c(Cl)c4)CC3)ccc2N1. The Bertz CT molecular complexity index is 882. The van der Waals surface area contributed by atoms with E-state index < -0.39 is 0 Å². The van der Waals surface area contributed by atoms with E-state index in [1.54, 1.807) is 0 Å². The zero-order chi connectivity index (χ0) is 20.2. The van der Waals surface area contributed by atoms with Gasteiger partial charge in [-0.1, -0.05) is 23.2 Å². The van der Waals surface area contributed by atoms with Gasteiger partial charge in [-0.3, -0.25) is 9.69 Å². The molecule has 2 aromatic carbocycles. The van der Waals surface area contributed by atoms with Gasteiger partial charge in [-0.25, -0.2) is 0 Å². The lowest BCUT2D eigenvalue weighted by atomic mass is 10.0. The second kappa shape index (κ2) is 9.24. The Morgan fingerprint density at radius 2 is 1.79 bits per heavy atom. The molecule has 4 rings (SSSR count). The summed E-state index contributed by atoms with van der Waals surface area (Å²) >= 11 is 12.2. The molecule has 0 radical (unpaired) electrons. The van der Waals surface area contributed by atoms with Gasteiger partial charge in [-0.15, -0.1) is 0 Å². The lowest BCUT2D eigenvalue weighted by molar-refractivity contribution is -0.116. The first-order valence-electron chi connectivity index (χ1n) is 10.1. The van der Waals surface area contributed by atoms with E-state index in [1.807, 2.05) is 36.4 Å². The molecule has 0 aromatic heterocycles. The fraction of sp³-hybridized carbons (Fsp3) is 0.409. The highest BCUT2D eigenvalue weighted by Crippen LogP contribution is 2.28. The number of hydrogen-bond acceptors (Lipinski definition) is 4. The minimum atomic E-state index is 0.0884. The molecule has 2 aliphatic rings. The molecule has 154 valence electrons. The number of anilines is 2. The van der Waals surface area contributed by atoms with E-state index in [2.05, 4.69) is 15.1 Å². The molecule has 0 aliphatic carbocycles. The van der Waals surface area contributed by atoms with E-state index in [0.29, 0.717) is 23.1 Å². The third-order valence-electron chi connectivity index (χ3n) is 5.50. The summed E-state index contributed by atoms with van der Waals surface area (Å²) in [5.74, 6) is 0.967. The quantitative estimate of drug-likeness (QED) is 0.682. The first-order valence-corrected chi connectivity index (χ1v) is 10.8. The molecular weight excluding hydrogens is 409 g/mol. The van der Waals surface area contributed by atoms with Crippen LogP contribution in [0.2, 0.25) is 10.0 Å². The zero-order valence-electron chi connectivity index (χ0n) is 16.3. The van der Waals surface area contributed by atoms with Crippen molar-refractivity contribution in [2.45, 2.75) is 19.3 Å². The van der Waals surface area contributed by atoms with E-state index in [0.717, 1.165) is 68.3 Å². The molecule has 0 atom stereocenters. The van der Waals surface area contributed by atoms with E-state index in [-0.39, 0.29) is 5.91 Å². The summed E-state index contributed by atoms with van der Waals surface area (Å²) in [5.41, 5.74) is 3.19. The fourth-order valence-electron chi connectivity index (χ4n) is 3.84. The van der Waals surface area contributed by atoms with Crippen LogP contribution < -0.4 is 15.0 Å². The smallest absolute Gasteiger partial charge is 0.224 e. The molecule has 1 amide bonds. The van der Waals surface area contributed by atoms with Crippen molar-refractivity contribution in [2.24, 2.45) is 0 Å². The topological polar surface area (TPSA) is 44.8 Å². The number of halogens is 2. The molecule has 2 heterocycles. The molecule has 0 bridgehead atoms. The number of nitrogens with zero attached hydrogens (tertiary/aromatic N) is 2. The number of carbonyl (C=O) groups is 1. The van der Waals surface area contributed by atoms with E-state index in [9.17, 15) is 4.79 Å². The van der Waals surface area contributed by atoms with Crippen molar-refractivity contribution in [3.63, 3.8) is 0 Å². The molecule has 29 heavy (non-hydrogen) atoms. The third kappa shape index (κ3) is 5.16. The van der Waals surface area contributed by atoms with Gasteiger partial charge in [-0.05, 0) is 54.8 Å². The predicted molar refractivity (Wildman–Crippen MR) is 119 cm³/mol. The molecule has 1 saturated heterocycles. The Labute approximate surface area is 181 Å². The monoisotopic (exact) mass is 433 g/mol. The number of ether oxygens (including phenoxy) is 1. The van der Waals surface area contributed by atoms with Gasteiger partial charge in [0, 0.05) is 50.5 Å². The Kier molecular flexibility index (Phi) is 6.48. The number of benzene rings is 2. The summed E-state index contributed by atoms with van der Waals surface area (Å²) in [5, 5.41) is 4.10. The van der Waals surface area contributed by atoms with Crippen molar-refractivity contribution < 1.29 is 9.53 Å². The van der Waals surface area contributed by atoms with Crippen LogP contribution in [0.15, 0.2) is 36.4 Å². The number of nitrogens with one attached hydrogen (secondary N) is 1. The largest absolute Gasteiger partial charge is 0.494 e. The molecular formula is C22H25Cl2N3O2. The van der Waals surface area contributed by atoms with Crippen molar-refractivity contribution in [3.05, 3.63) is 52.0 Å². The fourth-order valence-corrected chi connectivity index (χ4v) is 4.13. The molecule has 2 aromatic rings. The number of amides is 1. The molecule has 5 nitrogen and oxygen atoms in total. The summed E-state index contributed by atoms with van der Waals surface area (Å²) in [4.78, 5) is 16.3. The van der Waals surface area contributed by atoms with Gasteiger partial charge in [-0.2, -0.15) is 0 Å². The Balaban J connectivity index is 1.18. The Morgan fingerprint density at radius 3 is 2.59 bits per heavy atom. The van der Waals surface area contributed by atoms with Crippen molar-refractivity contribution >= 4 is 40.5 Å². The summed E-state index contributed by atoms with van der Waals surface area (Å²) in [7, 11) is 0. The molecule has 1 fully saturated rings. The van der Waals surface area contributed by atoms with Crippen LogP contribution >= 0.6 is 23.2 Å². The molecule has 0 saturated carbocycles. The standard InChI is InChI=1S/C22H25Cl2N3O2/c23-19-5-3-17(15-20(19)24)27-11-9-26(10-12-27)8-1-13-29-18-4-6-21-16(14-18)2-7-22(28)25-21/h3-6,14-15H,1-2,7-13H2,(H,25,28). The first kappa shape index (κ1) is 20.3. The number of rotatable bonds is 6. The highest BCUT2D eigenvalue weighted by atomic mass is 35.5. The maximum absolute atomic E-state index is 11.4. The van der Waals surface area contributed by atoms with Crippen molar-refractivity contribution in [1.82, 2.24) is 4.90 Å². The minimum absolute atomic E-state index is 0.0884. The molecule has 2 aliphatic heterocycles. The third-order valence-corrected chi connectivity index (χ3v) is 6.24. The molecule has 0 spiro atoms. The van der Waals surface area contributed by atoms with Crippen LogP contribution in [0.25, 0.3) is 0 Å². The van der Waals surface area contributed by atoms with Crippen LogP contribution in [0, 0.1) is 0 Å². The van der Waals surface area contributed by atoms with Gasteiger partial charge in [0.1, 0.15) is 5.75 Å². The highest BCUT2D eigenvalue weighted by molar-refractivity contribution is 6.42. The molecule has 1 N–H and O–H groups in total. The van der Waals surface area contributed by atoms with Crippen LogP contribution in [0.5, 0.6) is 5.75 Å². The average molecular weight is 434 g/mol. The van der Waals surface area contributed by atoms with Crippen LogP contribution in [-0.4, -0.2) is 50.1 Å². The van der Waals surface area contributed by atoms with Gasteiger partial charge < -0.3 is 15.0 Å². The summed E-state index contributed by atoms with van der Waals surface area (Å²) in [6, 6.07) is 11.7. The van der Waals surface area contributed by atoms with E-state index >= 15 is 0 Å². The lowest BCUT2D eigenvalue weighted by Crippen LogP contribution is -2.46. The number of piperazine rings is 1. The number of carbonyl (C=O) groups excluding carboxylic acids is 1. The van der Waals surface area contributed by atoms with E-state index in [1.165, 1.54) is 0 Å². The zero-order valence-corrected chi connectivity index (χ0v) is 17.8. The van der Waals surface area contributed by atoms with Crippen LogP contribution in [-0.2, 0) is 11.2 Å². The maximum atomic E-state index is 11.4. The van der Waals surface area contributed by atoms with Crippen LogP contribution in [0.4, 0.5) is 11.4 Å². The summed E-state index contributed by atoms with van der Waals surface area (Å²) < 4.78 is 5.93. The second-order valence-electron chi connectivity index (χ2n) is 7.50. The molecule has 0 unspecified atom stereocenters. The minimum Gasteiger partial charge on any atom is -0.494 e. The first-order chi connectivity index (χ1) is 14.1. The maximum Gasteiger partial charge on any atom is 0.224 e. The van der Waals surface area contributed by atoms with Crippen LogP contribution in [0.1, 0.15) is 18.4 Å². The lowest BCUT2D eigenvalue weighted by Gasteiger charge is -2.36. The van der Waals surface area contributed by atoms with Gasteiger partial charge in [0.25, 0.3) is 0 Å². The number of aryl methyl sites for hydroxylation is 1. The number of fused-ring (bicyclic) bond motifs is 1. The van der Waals surface area contributed by atoms with Crippen LogP contribution in [0.3, 0.4) is 0 Å². The number of hydrogen-bond donors (Lipinski definition) is 1. The van der Waals surface area contributed by atoms with Gasteiger partial charge in [0.05, 0.1) is 16.7 Å². The highest BCUT2D eigenvalue weighted by Gasteiger charge is 2.18. The molecule has 7 heteroatoms. The van der Waals surface area contributed by atoms with Crippen molar-refractivity contribution in [3.8, 4) is 5.75 Å². The average Bonchev–Trinajstić information content (AvgIpc) is 2.74. The van der Waals surface area contributed by atoms with Gasteiger partial charge in [0.2, 0.25) is 5.91 Å². The summed E-state index contributed by atoms with van der Waals surface area (Å²) in [6.07, 6.45) is 2.31. The Morgan fingerprint density at radius 1 is 0.966 bits per heavy atom. The predicted octanol–water partition coefficient (Wildman–Crippen LogP) is 4.47. The van der Waals surface area contributed by atoms with Gasteiger partial charge >= 0.3 is 0 Å². The van der Waals surface area contributed by atoms with Crippen molar-refractivity contribution in [1.29, 1.82) is 0 Å².